The van der Waals surface area contributed by atoms with Crippen LogP contribution in [0.4, 0.5) is 11.4 Å². The molecule has 0 saturated carbocycles. The summed E-state index contributed by atoms with van der Waals surface area (Å²) in [4.78, 5) is 12.7. The summed E-state index contributed by atoms with van der Waals surface area (Å²) in [7, 11) is -3.76. The molecule has 0 atom stereocenters. The molecule has 6 nitrogen and oxygen atoms in total. The van der Waals surface area contributed by atoms with E-state index in [-0.39, 0.29) is 15.9 Å². The Morgan fingerprint density at radius 2 is 1.31 bits per heavy atom. The van der Waals surface area contributed by atoms with E-state index in [0.29, 0.717) is 16.9 Å². The summed E-state index contributed by atoms with van der Waals surface area (Å²) in [6.07, 6.45) is 0. The molecule has 3 N–H and O–H groups in total. The molecule has 0 bridgehead atoms. The van der Waals surface area contributed by atoms with Gasteiger partial charge in [0, 0.05) is 11.3 Å². The maximum atomic E-state index is 12.8. The molecule has 0 unspecified atom stereocenters. The third kappa shape index (κ3) is 5.97. The molecule has 0 aliphatic carbocycles. The van der Waals surface area contributed by atoms with Gasteiger partial charge < -0.3 is 5.32 Å². The minimum Gasteiger partial charge on any atom is -0.332 e. The first kappa shape index (κ1) is 25.1. The number of nitrogens with one attached hydrogen (secondary N) is 3. The molecule has 182 valence electrons. The molecule has 1 amide bonds. The third-order valence-corrected chi connectivity index (χ3v) is 7.19. The molecular weight excluding hydrogens is 490 g/mol. The maximum Gasteiger partial charge on any atom is 0.261 e. The minimum absolute atomic E-state index is 0.108. The van der Waals surface area contributed by atoms with Crippen LogP contribution in [0.5, 0.6) is 0 Å². The lowest BCUT2D eigenvalue weighted by Crippen LogP contribution is -2.34. The van der Waals surface area contributed by atoms with Gasteiger partial charge in [0.15, 0.2) is 5.11 Å². The second-order valence-electron chi connectivity index (χ2n) is 8.25. The Morgan fingerprint density at radius 3 is 1.92 bits per heavy atom. The van der Waals surface area contributed by atoms with E-state index < -0.39 is 10.0 Å². The van der Waals surface area contributed by atoms with Crippen LogP contribution in [0, 0.1) is 13.8 Å². The van der Waals surface area contributed by atoms with Crippen molar-refractivity contribution in [2.45, 2.75) is 18.7 Å². The van der Waals surface area contributed by atoms with E-state index in [1.54, 1.807) is 24.3 Å². The maximum absolute atomic E-state index is 12.8. The summed E-state index contributed by atoms with van der Waals surface area (Å²) >= 11 is 5.26. The lowest BCUT2D eigenvalue weighted by Gasteiger charge is -2.14. The Morgan fingerprint density at radius 1 is 0.722 bits per heavy atom. The smallest absolute Gasteiger partial charge is 0.261 e. The number of carbonyl (C=O) groups is 1. The Labute approximate surface area is 216 Å². The van der Waals surface area contributed by atoms with E-state index >= 15 is 0 Å². The van der Waals surface area contributed by atoms with Gasteiger partial charge in [-0.05, 0) is 84.7 Å². The normalized spacial score (nSPS) is 10.9. The Balaban J connectivity index is 1.37. The van der Waals surface area contributed by atoms with Crippen LogP contribution >= 0.6 is 12.2 Å². The zero-order valence-corrected chi connectivity index (χ0v) is 21.4. The van der Waals surface area contributed by atoms with E-state index in [4.69, 9.17) is 12.2 Å². The van der Waals surface area contributed by atoms with Crippen molar-refractivity contribution in [2.75, 3.05) is 10.0 Å². The molecule has 0 aliphatic rings. The molecule has 0 radical (unpaired) electrons. The van der Waals surface area contributed by atoms with Crippen molar-refractivity contribution >= 4 is 44.6 Å². The molecule has 0 heterocycles. The van der Waals surface area contributed by atoms with Gasteiger partial charge in [-0.2, -0.15) is 0 Å². The summed E-state index contributed by atoms with van der Waals surface area (Å²) in [6, 6.07) is 28.8. The molecule has 4 aromatic carbocycles. The number of carbonyl (C=O) groups excluding carboxylic acids is 1. The van der Waals surface area contributed by atoms with Gasteiger partial charge in [0.05, 0.1) is 10.6 Å². The van der Waals surface area contributed by atoms with Gasteiger partial charge in [0.2, 0.25) is 0 Å². The lowest BCUT2D eigenvalue weighted by atomic mass is 10.0. The highest BCUT2D eigenvalue weighted by molar-refractivity contribution is 7.92. The second-order valence-corrected chi connectivity index (χ2v) is 10.3. The number of hydrogen-bond donors (Lipinski definition) is 3. The largest absolute Gasteiger partial charge is 0.332 e. The molecule has 0 saturated heterocycles. The van der Waals surface area contributed by atoms with Crippen LogP contribution < -0.4 is 15.4 Å². The SMILES string of the molecule is Cc1cccc(C)c1NS(=O)(=O)c1ccc(NC(=S)NC(=O)c2ccc(-c3ccccc3)cc2)cc1. The average Bonchev–Trinajstić information content (AvgIpc) is 2.87. The van der Waals surface area contributed by atoms with Crippen molar-refractivity contribution < 1.29 is 13.2 Å². The number of anilines is 2. The first-order valence-electron chi connectivity index (χ1n) is 11.2. The van der Waals surface area contributed by atoms with Crippen LogP contribution in [0.25, 0.3) is 11.1 Å². The fourth-order valence-electron chi connectivity index (χ4n) is 3.67. The van der Waals surface area contributed by atoms with E-state index in [0.717, 1.165) is 22.3 Å². The van der Waals surface area contributed by atoms with Crippen LogP contribution in [-0.4, -0.2) is 19.4 Å². The molecule has 0 fully saturated rings. The van der Waals surface area contributed by atoms with Crippen molar-refractivity contribution in [3.63, 3.8) is 0 Å². The Bertz CT molecular complexity index is 1480. The van der Waals surface area contributed by atoms with Gasteiger partial charge in [-0.3, -0.25) is 14.8 Å². The van der Waals surface area contributed by atoms with Crippen molar-refractivity contribution in [2.24, 2.45) is 0 Å². The molecule has 4 rings (SSSR count). The highest BCUT2D eigenvalue weighted by atomic mass is 32.2. The van der Waals surface area contributed by atoms with Gasteiger partial charge in [-0.25, -0.2) is 8.42 Å². The molecule has 8 heteroatoms. The topological polar surface area (TPSA) is 87.3 Å². The lowest BCUT2D eigenvalue weighted by molar-refractivity contribution is 0.0977. The van der Waals surface area contributed by atoms with Gasteiger partial charge in [-0.15, -0.1) is 0 Å². The van der Waals surface area contributed by atoms with Crippen LogP contribution in [0.1, 0.15) is 21.5 Å². The van der Waals surface area contributed by atoms with Gasteiger partial charge in [0.1, 0.15) is 0 Å². The zero-order valence-electron chi connectivity index (χ0n) is 19.8. The molecule has 0 aromatic heterocycles. The van der Waals surface area contributed by atoms with Crippen LogP contribution in [0.15, 0.2) is 102 Å². The summed E-state index contributed by atoms with van der Waals surface area (Å²) in [6.45, 7) is 3.70. The van der Waals surface area contributed by atoms with Crippen LogP contribution in [0.2, 0.25) is 0 Å². The Hall–Kier alpha value is -4.01. The van der Waals surface area contributed by atoms with Crippen LogP contribution in [0.3, 0.4) is 0 Å². The van der Waals surface area contributed by atoms with E-state index in [9.17, 15) is 13.2 Å². The van der Waals surface area contributed by atoms with Crippen LogP contribution in [-0.2, 0) is 10.0 Å². The number of thiocarbonyl (C=S) groups is 1. The number of para-hydroxylation sites is 1. The van der Waals surface area contributed by atoms with Gasteiger partial charge >= 0.3 is 0 Å². The first-order chi connectivity index (χ1) is 17.2. The first-order valence-corrected chi connectivity index (χ1v) is 13.1. The molecule has 36 heavy (non-hydrogen) atoms. The monoisotopic (exact) mass is 515 g/mol. The fourth-order valence-corrected chi connectivity index (χ4v) is 5.08. The summed E-state index contributed by atoms with van der Waals surface area (Å²) in [5, 5.41) is 5.66. The summed E-state index contributed by atoms with van der Waals surface area (Å²) in [5.41, 5.74) is 5.34. The number of rotatable bonds is 6. The van der Waals surface area contributed by atoms with Gasteiger partial charge in [-0.1, -0.05) is 60.7 Å². The van der Waals surface area contributed by atoms with Crippen molar-refractivity contribution in [1.29, 1.82) is 0 Å². The second kappa shape index (κ2) is 10.7. The van der Waals surface area contributed by atoms with Crippen molar-refractivity contribution in [3.05, 3.63) is 114 Å². The number of benzene rings is 4. The van der Waals surface area contributed by atoms with E-state index in [1.165, 1.54) is 12.1 Å². The van der Waals surface area contributed by atoms with E-state index in [2.05, 4.69) is 15.4 Å². The van der Waals surface area contributed by atoms with Crippen molar-refractivity contribution in [1.82, 2.24) is 5.32 Å². The van der Waals surface area contributed by atoms with E-state index in [1.807, 2.05) is 74.5 Å². The fraction of sp³-hybridized carbons (Fsp3) is 0.0714. The summed E-state index contributed by atoms with van der Waals surface area (Å²) < 4.78 is 28.3. The molecular formula is C28H25N3O3S2. The molecule has 0 spiro atoms. The number of amides is 1. The minimum atomic E-state index is -3.76. The molecule has 4 aromatic rings. The number of sulfonamides is 1. The highest BCUT2D eigenvalue weighted by Crippen LogP contribution is 2.24. The zero-order chi connectivity index (χ0) is 25.7. The predicted octanol–water partition coefficient (Wildman–Crippen LogP) is 5.90. The average molecular weight is 516 g/mol. The van der Waals surface area contributed by atoms with Gasteiger partial charge in [0.25, 0.3) is 15.9 Å². The third-order valence-electron chi connectivity index (χ3n) is 5.62. The quantitative estimate of drug-likeness (QED) is 0.278. The standard InChI is InChI=1S/C28H25N3O3S2/c1-19-7-6-8-20(2)26(19)31-36(33,34)25-17-15-24(16-18-25)29-28(35)30-27(32)23-13-11-22(12-14-23)21-9-4-3-5-10-21/h3-18,31H,1-2H3,(H2,29,30,32,35). The van der Waals surface area contributed by atoms with Crippen molar-refractivity contribution in [3.8, 4) is 11.1 Å². The Kier molecular flexibility index (Phi) is 7.47. The highest BCUT2D eigenvalue weighted by Gasteiger charge is 2.17. The molecule has 0 aliphatic heterocycles. The number of aryl methyl sites for hydroxylation is 2. The number of hydrogen-bond acceptors (Lipinski definition) is 4. The predicted molar refractivity (Wildman–Crippen MR) is 149 cm³/mol. The summed E-state index contributed by atoms with van der Waals surface area (Å²) in [5.74, 6) is -0.343.